The van der Waals surface area contributed by atoms with Crippen LogP contribution >= 0.6 is 0 Å². The summed E-state index contributed by atoms with van der Waals surface area (Å²) in [6, 6.07) is 3.81. The van der Waals surface area contributed by atoms with Gasteiger partial charge in [0.15, 0.2) is 0 Å². The minimum Gasteiger partial charge on any atom is -0.373 e. The lowest BCUT2D eigenvalue weighted by molar-refractivity contribution is -0.0272. The van der Waals surface area contributed by atoms with Crippen molar-refractivity contribution in [3.63, 3.8) is 0 Å². The maximum atomic E-state index is 12.3. The number of hydrogen-bond acceptors (Lipinski definition) is 3. The molecule has 1 saturated heterocycles. The zero-order valence-corrected chi connectivity index (χ0v) is 13.0. The molecule has 0 bridgehead atoms. The second-order valence-electron chi connectivity index (χ2n) is 5.85. The second kappa shape index (κ2) is 6.36. The van der Waals surface area contributed by atoms with Crippen LogP contribution in [-0.2, 0) is 11.8 Å². The maximum absolute atomic E-state index is 12.3. The highest BCUT2D eigenvalue weighted by Gasteiger charge is 2.28. The first-order valence-corrected chi connectivity index (χ1v) is 7.67. The lowest BCUT2D eigenvalue weighted by Crippen LogP contribution is -2.35. The third kappa shape index (κ3) is 2.92. The summed E-state index contributed by atoms with van der Waals surface area (Å²) in [6.45, 7) is 3.36. The van der Waals surface area contributed by atoms with E-state index in [0.29, 0.717) is 12.2 Å². The fourth-order valence-electron chi connectivity index (χ4n) is 2.99. The van der Waals surface area contributed by atoms with Crippen LogP contribution in [0.4, 0.5) is 0 Å². The monoisotopic (exact) mass is 302 g/mol. The van der Waals surface area contributed by atoms with Gasteiger partial charge in [0.2, 0.25) is 0 Å². The van der Waals surface area contributed by atoms with Gasteiger partial charge in [0, 0.05) is 43.6 Å². The molecule has 2 aromatic heterocycles. The maximum Gasteiger partial charge on any atom is 0.267 e. The molecule has 0 spiro atoms. The molecule has 0 aliphatic carbocycles. The number of carbonyl (C=O) groups is 1. The number of rotatable bonds is 4. The van der Waals surface area contributed by atoms with E-state index in [9.17, 15) is 4.79 Å². The minimum absolute atomic E-state index is 0.00273. The summed E-state index contributed by atoms with van der Waals surface area (Å²) in [7, 11) is 1.91. The predicted molar refractivity (Wildman–Crippen MR) is 82.5 cm³/mol. The molecule has 1 aliphatic heterocycles. The average Bonchev–Trinajstić information content (AvgIpc) is 3.17. The molecule has 0 unspecified atom stereocenters. The smallest absolute Gasteiger partial charge is 0.267 e. The Hall–Kier alpha value is -2.08. The van der Waals surface area contributed by atoms with Crippen molar-refractivity contribution in [3.05, 3.63) is 41.5 Å². The van der Waals surface area contributed by atoms with Crippen LogP contribution in [-0.4, -0.2) is 33.8 Å². The normalized spacial score (nSPS) is 21.7. The van der Waals surface area contributed by atoms with Gasteiger partial charge in [-0.3, -0.25) is 9.89 Å². The number of nitrogens with zero attached hydrogens (tertiary/aromatic N) is 2. The molecule has 0 saturated carbocycles. The molecule has 1 aliphatic rings. The summed E-state index contributed by atoms with van der Waals surface area (Å²) in [6.07, 6.45) is 5.74. The summed E-state index contributed by atoms with van der Waals surface area (Å²) in [4.78, 5) is 12.3. The van der Waals surface area contributed by atoms with Crippen molar-refractivity contribution >= 4 is 5.91 Å². The molecule has 22 heavy (non-hydrogen) atoms. The zero-order chi connectivity index (χ0) is 15.5. The highest BCUT2D eigenvalue weighted by atomic mass is 16.5. The first-order chi connectivity index (χ1) is 10.7. The molecule has 118 valence electrons. The number of H-pyrrole nitrogens is 1. The van der Waals surface area contributed by atoms with Gasteiger partial charge in [-0.05, 0) is 31.9 Å². The Kier molecular flexibility index (Phi) is 4.29. The van der Waals surface area contributed by atoms with E-state index in [1.54, 1.807) is 6.20 Å². The number of aromatic nitrogens is 3. The van der Waals surface area contributed by atoms with E-state index < -0.39 is 0 Å². The molecule has 0 radical (unpaired) electrons. The summed E-state index contributed by atoms with van der Waals surface area (Å²) >= 11 is 0. The number of hydrogen-bond donors (Lipinski definition) is 2. The van der Waals surface area contributed by atoms with E-state index >= 15 is 0 Å². The average molecular weight is 302 g/mol. The molecular weight excluding hydrogens is 280 g/mol. The van der Waals surface area contributed by atoms with Gasteiger partial charge in [-0.1, -0.05) is 0 Å². The van der Waals surface area contributed by atoms with Gasteiger partial charge in [0.05, 0.1) is 12.3 Å². The largest absolute Gasteiger partial charge is 0.373 e. The molecule has 2 atom stereocenters. The number of nitrogens with one attached hydrogen (secondary N) is 2. The molecule has 6 nitrogen and oxygen atoms in total. The lowest BCUT2D eigenvalue weighted by Gasteiger charge is -2.31. The van der Waals surface area contributed by atoms with Gasteiger partial charge in [-0.2, -0.15) is 5.10 Å². The molecule has 1 amide bonds. The Labute approximate surface area is 129 Å². The van der Waals surface area contributed by atoms with Crippen LogP contribution in [0.2, 0.25) is 0 Å². The Bertz CT molecular complexity index is 633. The van der Waals surface area contributed by atoms with Gasteiger partial charge in [-0.15, -0.1) is 0 Å². The van der Waals surface area contributed by atoms with Gasteiger partial charge in [0.25, 0.3) is 5.91 Å². The van der Waals surface area contributed by atoms with Crippen molar-refractivity contribution in [1.82, 2.24) is 20.1 Å². The fraction of sp³-hybridized carbons (Fsp3) is 0.500. The van der Waals surface area contributed by atoms with Crippen LogP contribution in [0.15, 0.2) is 24.5 Å². The van der Waals surface area contributed by atoms with Gasteiger partial charge >= 0.3 is 0 Å². The number of aryl methyl sites for hydroxylation is 1. The summed E-state index contributed by atoms with van der Waals surface area (Å²) < 4.78 is 7.79. The third-order valence-electron chi connectivity index (χ3n) is 4.42. The van der Waals surface area contributed by atoms with Crippen LogP contribution in [0.1, 0.15) is 40.7 Å². The van der Waals surface area contributed by atoms with Crippen molar-refractivity contribution < 1.29 is 9.53 Å². The summed E-state index contributed by atoms with van der Waals surface area (Å²) in [5, 5.41) is 9.87. The standard InChI is InChI=1S/C16H22N4O2/c1-11-5-6-14(20(11)2)16(21)17-8-12-4-3-7-22-15(12)13-9-18-19-10-13/h5-6,9-10,12,15H,3-4,7-8H2,1-2H3,(H,17,21)(H,18,19)/t12-,15+/m0/s1. The molecule has 1 fully saturated rings. The predicted octanol–water partition coefficient (Wildman–Crippen LogP) is 1.95. The van der Waals surface area contributed by atoms with Crippen LogP contribution < -0.4 is 5.32 Å². The highest BCUT2D eigenvalue weighted by Crippen LogP contribution is 2.32. The van der Waals surface area contributed by atoms with Crippen LogP contribution in [0, 0.1) is 12.8 Å². The topological polar surface area (TPSA) is 71.9 Å². The van der Waals surface area contributed by atoms with Crippen molar-refractivity contribution in [3.8, 4) is 0 Å². The van der Waals surface area contributed by atoms with Crippen molar-refractivity contribution in [2.45, 2.75) is 25.9 Å². The molecule has 3 heterocycles. The van der Waals surface area contributed by atoms with Gasteiger partial charge < -0.3 is 14.6 Å². The summed E-state index contributed by atoms with van der Waals surface area (Å²) in [5.41, 5.74) is 2.81. The lowest BCUT2D eigenvalue weighted by atomic mass is 9.91. The van der Waals surface area contributed by atoms with Crippen molar-refractivity contribution in [2.24, 2.45) is 13.0 Å². The van der Waals surface area contributed by atoms with E-state index in [-0.39, 0.29) is 17.9 Å². The van der Waals surface area contributed by atoms with E-state index in [2.05, 4.69) is 15.5 Å². The van der Waals surface area contributed by atoms with E-state index in [0.717, 1.165) is 30.7 Å². The fourth-order valence-corrected chi connectivity index (χ4v) is 2.99. The Morgan fingerprint density at radius 1 is 1.55 bits per heavy atom. The Balaban J connectivity index is 1.64. The first kappa shape index (κ1) is 14.8. The number of carbonyl (C=O) groups excluding carboxylic acids is 1. The van der Waals surface area contributed by atoms with Crippen LogP contribution in [0.5, 0.6) is 0 Å². The quantitative estimate of drug-likeness (QED) is 0.907. The Morgan fingerprint density at radius 2 is 2.41 bits per heavy atom. The molecule has 0 aromatic carbocycles. The molecule has 2 N–H and O–H groups in total. The van der Waals surface area contributed by atoms with Crippen molar-refractivity contribution in [2.75, 3.05) is 13.2 Å². The molecule has 3 rings (SSSR count). The highest BCUT2D eigenvalue weighted by molar-refractivity contribution is 5.92. The number of amides is 1. The number of aromatic amines is 1. The van der Waals surface area contributed by atoms with Crippen LogP contribution in [0.3, 0.4) is 0 Å². The molecular formula is C16H22N4O2. The number of ether oxygens (including phenoxy) is 1. The van der Waals surface area contributed by atoms with Gasteiger partial charge in [0.1, 0.15) is 5.69 Å². The van der Waals surface area contributed by atoms with E-state index in [4.69, 9.17) is 4.74 Å². The molecule has 6 heteroatoms. The molecule has 2 aromatic rings. The Morgan fingerprint density at radius 3 is 3.09 bits per heavy atom. The zero-order valence-electron chi connectivity index (χ0n) is 13.0. The minimum atomic E-state index is -0.0351. The summed E-state index contributed by atoms with van der Waals surface area (Å²) in [5.74, 6) is 0.240. The van der Waals surface area contributed by atoms with Crippen LogP contribution in [0.25, 0.3) is 0 Å². The second-order valence-corrected chi connectivity index (χ2v) is 5.85. The van der Waals surface area contributed by atoms with E-state index in [1.807, 2.05) is 36.9 Å². The van der Waals surface area contributed by atoms with E-state index in [1.165, 1.54) is 0 Å². The third-order valence-corrected chi connectivity index (χ3v) is 4.42. The SMILES string of the molecule is Cc1ccc(C(=O)NC[C@@H]2CCCO[C@H]2c2cn[nH]c2)n1C. The van der Waals surface area contributed by atoms with Crippen molar-refractivity contribution in [1.29, 1.82) is 0 Å². The first-order valence-electron chi connectivity index (χ1n) is 7.67. The van der Waals surface area contributed by atoms with Gasteiger partial charge in [-0.25, -0.2) is 0 Å².